The van der Waals surface area contributed by atoms with Crippen molar-refractivity contribution in [1.29, 1.82) is 0 Å². The molecule has 0 unspecified atom stereocenters. The monoisotopic (exact) mass is 600 g/mol. The van der Waals surface area contributed by atoms with E-state index in [9.17, 15) is 5.53 Å². The Kier molecular flexibility index (Phi) is 19.8. The molecule has 0 radical (unpaired) electrons. The number of rotatable bonds is 17. The maximum atomic E-state index is 11.7. The van der Waals surface area contributed by atoms with Gasteiger partial charge in [0.2, 0.25) is 11.4 Å². The Bertz CT molecular complexity index is 1130. The molecule has 230 valence electrons. The van der Waals surface area contributed by atoms with Gasteiger partial charge in [-0.3, -0.25) is 0 Å². The van der Waals surface area contributed by atoms with E-state index in [2.05, 4.69) is 77.1 Å². The Balaban J connectivity index is 0.00000533. The summed E-state index contributed by atoms with van der Waals surface area (Å²) in [6, 6.07) is 14.1. The summed E-state index contributed by atoms with van der Waals surface area (Å²) in [5.74, 6) is 0. The minimum absolute atomic E-state index is 0. The fraction of sp³-hybridized carbons (Fsp3) is 0.526. The van der Waals surface area contributed by atoms with Gasteiger partial charge in [0.15, 0.2) is 0 Å². The average Bonchev–Trinajstić information content (AvgIpc) is 3.27. The van der Waals surface area contributed by atoms with Crippen molar-refractivity contribution >= 4 is 11.4 Å². The molecule has 0 saturated heterocycles. The fourth-order valence-corrected chi connectivity index (χ4v) is 5.64. The van der Waals surface area contributed by atoms with Crippen molar-refractivity contribution in [2.45, 2.75) is 131 Å². The Labute approximate surface area is 264 Å². The van der Waals surface area contributed by atoms with Crippen LogP contribution in [0.4, 0.5) is 0 Å². The molecule has 2 nitrogen and oxygen atoms in total. The van der Waals surface area contributed by atoms with Crippen molar-refractivity contribution in [3.63, 3.8) is 0 Å². The molecule has 0 fully saturated rings. The van der Waals surface area contributed by atoms with Crippen LogP contribution in [0.3, 0.4) is 0 Å². The fourth-order valence-electron chi connectivity index (χ4n) is 5.64. The van der Waals surface area contributed by atoms with E-state index in [0.29, 0.717) is 0 Å². The molecule has 1 aliphatic heterocycles. The summed E-state index contributed by atoms with van der Waals surface area (Å²) in [6.07, 6.45) is 19.8. The Hall–Kier alpha value is -1.99. The zero-order chi connectivity index (χ0) is 27.3. The molecule has 0 bridgehead atoms. The second-order valence-electron chi connectivity index (χ2n) is 11.3. The van der Waals surface area contributed by atoms with E-state index in [1.807, 2.05) is 0 Å². The number of hydrogen-bond donors (Lipinski definition) is 0. The standard InChI is InChI=1S/C36H52N2.2CH3.Ni/c1-6-11-15-19-30-21-28(17-13-8-3)23-33(24-30)35-27-32(10-5)36(38(35)37)34-25-29(18-14-9-4)22-31(26-34)20-16-12-7-2;;;/h21-27H,6-20H2,1-5H3;2*1H3;/q;2*-1;+2. The summed E-state index contributed by atoms with van der Waals surface area (Å²) in [4.78, 5) is 0. The van der Waals surface area contributed by atoms with Crippen LogP contribution in [0.2, 0.25) is 0 Å². The van der Waals surface area contributed by atoms with Crippen LogP contribution in [-0.2, 0) is 42.2 Å². The first-order valence-corrected chi connectivity index (χ1v) is 15.7. The largest absolute Gasteiger partial charge is 2.00 e. The van der Waals surface area contributed by atoms with Gasteiger partial charge in [0.05, 0.1) is 0 Å². The third-order valence-electron chi connectivity index (χ3n) is 7.89. The predicted molar refractivity (Wildman–Crippen MR) is 178 cm³/mol. The number of benzene rings is 2. The van der Waals surface area contributed by atoms with Gasteiger partial charge < -0.3 is 20.4 Å². The van der Waals surface area contributed by atoms with Gasteiger partial charge in [0, 0.05) is 22.8 Å². The Morgan fingerprint density at radius 2 is 0.927 bits per heavy atom. The number of allylic oxidation sites excluding steroid dienone is 2. The molecule has 1 heterocycles. The zero-order valence-electron chi connectivity index (χ0n) is 27.4. The minimum Gasteiger partial charge on any atom is -0.493 e. The van der Waals surface area contributed by atoms with E-state index < -0.39 is 0 Å². The molecule has 0 spiro atoms. The van der Waals surface area contributed by atoms with E-state index in [4.69, 9.17) is 0 Å². The molecule has 0 atom stereocenters. The Morgan fingerprint density at radius 3 is 1.32 bits per heavy atom. The summed E-state index contributed by atoms with van der Waals surface area (Å²) < 4.78 is 1.50. The first kappa shape index (κ1) is 39.0. The van der Waals surface area contributed by atoms with Crippen LogP contribution in [0.5, 0.6) is 0 Å². The SMILES string of the molecule is CCCCCc1cc(CCCC)cc(C2=CC(CC)=C(c3cc(CCCC)cc(CCCCC)c3)[N+]2=[N-])c1.[CH3-].[CH3-].[Ni+2]. The molecule has 2 aromatic carbocycles. The molecular formula is C38H58N2Ni. The number of hydrogen-bond acceptors (Lipinski definition) is 0. The minimum atomic E-state index is 0. The summed E-state index contributed by atoms with van der Waals surface area (Å²) in [5, 5.41) is 0. The first-order chi connectivity index (χ1) is 18.5. The van der Waals surface area contributed by atoms with E-state index in [0.717, 1.165) is 49.1 Å². The van der Waals surface area contributed by atoms with Gasteiger partial charge in [0.1, 0.15) is 0 Å². The van der Waals surface area contributed by atoms with E-state index in [-0.39, 0.29) is 31.3 Å². The maximum Gasteiger partial charge on any atom is 2.00 e. The van der Waals surface area contributed by atoms with Crippen molar-refractivity contribution in [3.05, 3.63) is 102 Å². The third-order valence-corrected chi connectivity index (χ3v) is 7.89. The van der Waals surface area contributed by atoms with Crippen LogP contribution >= 0.6 is 0 Å². The van der Waals surface area contributed by atoms with Crippen molar-refractivity contribution < 1.29 is 21.2 Å². The summed E-state index contributed by atoms with van der Waals surface area (Å²) in [6.45, 7) is 11.3. The zero-order valence-corrected chi connectivity index (χ0v) is 28.3. The van der Waals surface area contributed by atoms with Crippen molar-refractivity contribution in [2.75, 3.05) is 0 Å². The third kappa shape index (κ3) is 11.3. The summed E-state index contributed by atoms with van der Waals surface area (Å²) in [5.41, 5.74) is 22.8. The van der Waals surface area contributed by atoms with Crippen molar-refractivity contribution in [1.82, 2.24) is 0 Å². The van der Waals surface area contributed by atoms with E-state index in [1.165, 1.54) is 102 Å². The van der Waals surface area contributed by atoms with Crippen molar-refractivity contribution in [3.8, 4) is 0 Å². The van der Waals surface area contributed by atoms with Crippen LogP contribution in [0.25, 0.3) is 16.9 Å². The number of aryl methyl sites for hydroxylation is 4. The second-order valence-corrected chi connectivity index (χ2v) is 11.3. The van der Waals surface area contributed by atoms with Crippen molar-refractivity contribution in [2.24, 2.45) is 0 Å². The molecule has 3 rings (SSSR count). The molecule has 0 aliphatic carbocycles. The van der Waals surface area contributed by atoms with Gasteiger partial charge in [-0.25, -0.2) is 4.70 Å². The molecular weight excluding hydrogens is 543 g/mol. The van der Waals surface area contributed by atoms with E-state index in [1.54, 1.807) is 0 Å². The topological polar surface area (TPSA) is 25.3 Å². The number of nitrogens with zero attached hydrogens (tertiary/aromatic N) is 2. The van der Waals surface area contributed by atoms with Gasteiger partial charge in [-0.2, -0.15) is 0 Å². The molecule has 2 aromatic rings. The van der Waals surface area contributed by atoms with Crippen LogP contribution in [0, 0.1) is 14.9 Å². The quantitative estimate of drug-likeness (QED) is 0.0746. The van der Waals surface area contributed by atoms with Crippen LogP contribution < -0.4 is 0 Å². The van der Waals surface area contributed by atoms with Gasteiger partial charge in [-0.05, 0) is 104 Å². The maximum absolute atomic E-state index is 11.7. The van der Waals surface area contributed by atoms with Gasteiger partial charge >= 0.3 is 16.5 Å². The average molecular weight is 602 g/mol. The van der Waals surface area contributed by atoms with E-state index >= 15 is 0 Å². The molecule has 0 N–H and O–H groups in total. The molecule has 0 amide bonds. The molecule has 1 aliphatic rings. The summed E-state index contributed by atoms with van der Waals surface area (Å²) >= 11 is 0. The van der Waals surface area contributed by atoms with Crippen LogP contribution in [0.1, 0.15) is 139 Å². The van der Waals surface area contributed by atoms with Gasteiger partial charge in [-0.15, -0.1) is 0 Å². The molecule has 0 aromatic heterocycles. The first-order valence-electron chi connectivity index (χ1n) is 15.7. The molecule has 0 saturated carbocycles. The smallest absolute Gasteiger partial charge is 0.493 e. The number of unbranched alkanes of at least 4 members (excludes halogenated alkanes) is 6. The molecule has 41 heavy (non-hydrogen) atoms. The normalized spacial score (nSPS) is 12.5. The Morgan fingerprint density at radius 1 is 0.537 bits per heavy atom. The van der Waals surface area contributed by atoms with Crippen LogP contribution in [0.15, 0.2) is 48.0 Å². The second kappa shape index (κ2) is 20.8. The summed E-state index contributed by atoms with van der Waals surface area (Å²) in [7, 11) is 0. The van der Waals surface area contributed by atoms with Crippen LogP contribution in [-0.4, -0.2) is 4.70 Å². The molecule has 3 heteroatoms. The van der Waals surface area contributed by atoms with Gasteiger partial charge in [-0.1, -0.05) is 85.3 Å². The van der Waals surface area contributed by atoms with Gasteiger partial charge in [0.25, 0.3) is 0 Å². The predicted octanol–water partition coefficient (Wildman–Crippen LogP) is 11.9.